The van der Waals surface area contributed by atoms with Crippen molar-refractivity contribution in [2.75, 3.05) is 13.2 Å². The lowest BCUT2D eigenvalue weighted by molar-refractivity contribution is -0.142. The Balaban J connectivity index is 1.45. The van der Waals surface area contributed by atoms with Crippen molar-refractivity contribution < 1.29 is 28.3 Å². The van der Waals surface area contributed by atoms with Crippen LogP contribution in [0.5, 0.6) is 0 Å². The predicted molar refractivity (Wildman–Crippen MR) is 92.7 cm³/mol. The molecule has 6 nitrogen and oxygen atoms in total. The van der Waals surface area contributed by atoms with Crippen LogP contribution in [0.25, 0.3) is 0 Å². The molecule has 2 amide bonds. The van der Waals surface area contributed by atoms with Crippen molar-refractivity contribution in [1.82, 2.24) is 4.90 Å². The molecule has 1 heterocycles. The molecule has 0 N–H and O–H groups in total. The summed E-state index contributed by atoms with van der Waals surface area (Å²) in [6, 6.07) is 11.6. The van der Waals surface area contributed by atoms with Gasteiger partial charge in [0.1, 0.15) is 5.82 Å². The van der Waals surface area contributed by atoms with Gasteiger partial charge >= 0.3 is 5.97 Å². The van der Waals surface area contributed by atoms with Gasteiger partial charge < -0.3 is 4.74 Å². The lowest BCUT2D eigenvalue weighted by atomic mass is 10.1. The van der Waals surface area contributed by atoms with Gasteiger partial charge in [-0.05, 0) is 30.7 Å². The number of carbonyl (C=O) groups excluding carboxylic acids is 4. The summed E-state index contributed by atoms with van der Waals surface area (Å²) in [7, 11) is 0. The van der Waals surface area contributed by atoms with Crippen LogP contribution in [-0.2, 0) is 9.53 Å². The highest BCUT2D eigenvalue weighted by atomic mass is 19.1. The number of hydrogen-bond acceptors (Lipinski definition) is 5. The molecular formula is C20H16FNO5. The molecule has 0 saturated heterocycles. The minimum absolute atomic E-state index is 0.0517. The Bertz CT molecular complexity index is 889. The second kappa shape index (κ2) is 7.90. The van der Waals surface area contributed by atoms with Crippen LogP contribution in [-0.4, -0.2) is 41.6 Å². The van der Waals surface area contributed by atoms with Gasteiger partial charge in [-0.1, -0.05) is 24.3 Å². The number of rotatable bonds is 7. The average molecular weight is 369 g/mol. The van der Waals surface area contributed by atoms with E-state index >= 15 is 0 Å². The summed E-state index contributed by atoms with van der Waals surface area (Å²) in [5, 5.41) is 0. The molecule has 3 rings (SSSR count). The van der Waals surface area contributed by atoms with E-state index in [-0.39, 0.29) is 36.8 Å². The second-order valence-corrected chi connectivity index (χ2v) is 6.01. The number of hydrogen-bond donors (Lipinski definition) is 0. The van der Waals surface area contributed by atoms with Gasteiger partial charge in [-0.15, -0.1) is 0 Å². The van der Waals surface area contributed by atoms with E-state index in [1.165, 1.54) is 18.2 Å². The van der Waals surface area contributed by atoms with Crippen LogP contribution in [0.15, 0.2) is 48.5 Å². The van der Waals surface area contributed by atoms with Gasteiger partial charge in [0.15, 0.2) is 12.4 Å². The highest BCUT2D eigenvalue weighted by molar-refractivity contribution is 6.21. The summed E-state index contributed by atoms with van der Waals surface area (Å²) in [5.74, 6) is -2.46. The number of amides is 2. The number of benzene rings is 2. The van der Waals surface area contributed by atoms with Gasteiger partial charge in [-0.3, -0.25) is 24.1 Å². The first kappa shape index (κ1) is 18.4. The second-order valence-electron chi connectivity index (χ2n) is 6.01. The number of halogens is 1. The van der Waals surface area contributed by atoms with Crippen molar-refractivity contribution in [3.05, 3.63) is 71.0 Å². The predicted octanol–water partition coefficient (Wildman–Crippen LogP) is 2.63. The van der Waals surface area contributed by atoms with Crippen molar-refractivity contribution in [1.29, 1.82) is 0 Å². The van der Waals surface area contributed by atoms with Crippen LogP contribution in [0.3, 0.4) is 0 Å². The number of fused-ring (bicyclic) bond motifs is 1. The maximum atomic E-state index is 13.1. The van der Waals surface area contributed by atoms with Gasteiger partial charge in [0.05, 0.1) is 11.1 Å². The first-order valence-corrected chi connectivity index (χ1v) is 8.37. The Morgan fingerprint density at radius 3 is 2.26 bits per heavy atom. The van der Waals surface area contributed by atoms with Crippen molar-refractivity contribution in [3.63, 3.8) is 0 Å². The van der Waals surface area contributed by atoms with E-state index in [2.05, 4.69) is 0 Å². The Morgan fingerprint density at radius 2 is 1.63 bits per heavy atom. The number of ketones is 1. The van der Waals surface area contributed by atoms with Gasteiger partial charge in [-0.2, -0.15) is 0 Å². The molecule has 1 aliphatic heterocycles. The first-order chi connectivity index (χ1) is 13.0. The summed E-state index contributed by atoms with van der Waals surface area (Å²) in [4.78, 5) is 49.1. The maximum absolute atomic E-state index is 13.1. The Hall–Kier alpha value is -3.35. The molecular weight excluding hydrogens is 353 g/mol. The lowest BCUT2D eigenvalue weighted by Crippen LogP contribution is -2.31. The van der Waals surface area contributed by atoms with Crippen LogP contribution in [0.4, 0.5) is 4.39 Å². The monoisotopic (exact) mass is 369 g/mol. The third-order valence-electron chi connectivity index (χ3n) is 4.15. The van der Waals surface area contributed by atoms with Gasteiger partial charge in [0.25, 0.3) is 11.8 Å². The fourth-order valence-electron chi connectivity index (χ4n) is 2.79. The standard InChI is InChI=1S/C20H16FNO5/c21-14-6-3-5-13(11-14)17(23)12-27-18(24)9-4-10-22-19(25)15-7-1-2-8-16(15)20(22)26/h1-3,5-8,11H,4,9-10,12H2. The molecule has 7 heteroatoms. The van der Waals surface area contributed by atoms with Gasteiger partial charge in [0.2, 0.25) is 0 Å². The number of esters is 1. The maximum Gasteiger partial charge on any atom is 0.306 e. The third kappa shape index (κ3) is 4.08. The smallest absolute Gasteiger partial charge is 0.306 e. The van der Waals surface area contributed by atoms with E-state index in [0.29, 0.717) is 11.1 Å². The zero-order valence-electron chi connectivity index (χ0n) is 14.3. The van der Waals surface area contributed by atoms with Crippen LogP contribution < -0.4 is 0 Å². The van der Waals surface area contributed by atoms with Crippen LogP contribution in [0.2, 0.25) is 0 Å². The van der Waals surface area contributed by atoms with E-state index in [4.69, 9.17) is 4.74 Å². The largest absolute Gasteiger partial charge is 0.457 e. The number of ether oxygens (including phenoxy) is 1. The van der Waals surface area contributed by atoms with Crippen molar-refractivity contribution in [2.24, 2.45) is 0 Å². The zero-order chi connectivity index (χ0) is 19.4. The Morgan fingerprint density at radius 1 is 0.963 bits per heavy atom. The molecule has 138 valence electrons. The molecule has 1 aliphatic rings. The molecule has 0 spiro atoms. The third-order valence-corrected chi connectivity index (χ3v) is 4.15. The molecule has 2 aromatic carbocycles. The van der Waals surface area contributed by atoms with Crippen molar-refractivity contribution >= 4 is 23.6 Å². The highest BCUT2D eigenvalue weighted by Gasteiger charge is 2.34. The Labute approximate surface area is 154 Å². The van der Waals surface area contributed by atoms with Crippen LogP contribution in [0, 0.1) is 5.82 Å². The van der Waals surface area contributed by atoms with E-state index < -0.39 is 24.2 Å². The topological polar surface area (TPSA) is 80.8 Å². The molecule has 27 heavy (non-hydrogen) atoms. The summed E-state index contributed by atoms with van der Waals surface area (Å²) in [5.41, 5.74) is 0.824. The Kier molecular flexibility index (Phi) is 5.40. The summed E-state index contributed by atoms with van der Waals surface area (Å²) in [6.07, 6.45) is 0.169. The minimum Gasteiger partial charge on any atom is -0.457 e. The normalized spacial score (nSPS) is 12.9. The van der Waals surface area contributed by atoms with E-state index in [1.807, 2.05) is 0 Å². The molecule has 0 unspecified atom stereocenters. The highest BCUT2D eigenvalue weighted by Crippen LogP contribution is 2.22. The van der Waals surface area contributed by atoms with Crippen molar-refractivity contribution in [2.45, 2.75) is 12.8 Å². The fourth-order valence-corrected chi connectivity index (χ4v) is 2.79. The number of nitrogens with zero attached hydrogens (tertiary/aromatic N) is 1. The molecule has 0 bridgehead atoms. The zero-order valence-corrected chi connectivity index (χ0v) is 14.3. The average Bonchev–Trinajstić information content (AvgIpc) is 2.91. The summed E-state index contributed by atoms with van der Waals surface area (Å²) in [6.45, 7) is -0.408. The molecule has 0 aromatic heterocycles. The van der Waals surface area contributed by atoms with E-state index in [9.17, 15) is 23.6 Å². The molecule has 0 fully saturated rings. The molecule has 0 saturated carbocycles. The SMILES string of the molecule is O=C(CCCN1C(=O)c2ccccc2C1=O)OCC(=O)c1cccc(F)c1. The molecule has 0 aliphatic carbocycles. The first-order valence-electron chi connectivity index (χ1n) is 8.37. The summed E-state index contributed by atoms with van der Waals surface area (Å²) < 4.78 is 18.0. The summed E-state index contributed by atoms with van der Waals surface area (Å²) >= 11 is 0. The van der Waals surface area contributed by atoms with Crippen LogP contribution in [0.1, 0.15) is 43.9 Å². The molecule has 0 atom stereocenters. The minimum atomic E-state index is -0.628. The van der Waals surface area contributed by atoms with E-state index in [0.717, 1.165) is 11.0 Å². The quantitative estimate of drug-likeness (QED) is 0.426. The van der Waals surface area contributed by atoms with Gasteiger partial charge in [-0.25, -0.2) is 4.39 Å². The number of carbonyl (C=O) groups is 4. The van der Waals surface area contributed by atoms with Crippen LogP contribution >= 0.6 is 0 Å². The molecule has 2 aromatic rings. The lowest BCUT2D eigenvalue weighted by Gasteiger charge is -2.13. The fraction of sp³-hybridized carbons (Fsp3) is 0.200. The number of imide groups is 1. The number of Topliss-reactive ketones (excluding diaryl/α,β-unsaturated/α-hetero) is 1. The van der Waals surface area contributed by atoms with E-state index in [1.54, 1.807) is 24.3 Å². The van der Waals surface area contributed by atoms with Crippen molar-refractivity contribution in [3.8, 4) is 0 Å². The van der Waals surface area contributed by atoms with Gasteiger partial charge in [0, 0.05) is 18.5 Å². The molecule has 0 radical (unpaired) electrons.